The molecule has 4 aromatic rings. The van der Waals surface area contributed by atoms with Crippen molar-refractivity contribution in [3.8, 4) is 0 Å². The van der Waals surface area contributed by atoms with Gasteiger partial charge in [-0.2, -0.15) is 5.10 Å². The molecule has 32 heavy (non-hydrogen) atoms. The van der Waals surface area contributed by atoms with Crippen LogP contribution in [0.15, 0.2) is 61.2 Å². The molecule has 10 heteroatoms. The second-order valence-corrected chi connectivity index (χ2v) is 7.43. The lowest BCUT2D eigenvalue weighted by atomic mass is 10.2. The number of fused-ring (bicyclic) bond motifs is 1. The summed E-state index contributed by atoms with van der Waals surface area (Å²) >= 11 is 0. The number of piperazine rings is 1. The van der Waals surface area contributed by atoms with Crippen LogP contribution in [0.4, 0.5) is 21.7 Å². The van der Waals surface area contributed by atoms with E-state index in [1.807, 2.05) is 18.2 Å². The third-order valence-electron chi connectivity index (χ3n) is 5.41. The molecule has 3 aromatic heterocycles. The van der Waals surface area contributed by atoms with Crippen LogP contribution in [0.3, 0.4) is 0 Å². The van der Waals surface area contributed by atoms with E-state index in [-0.39, 0.29) is 18.1 Å². The predicted molar refractivity (Wildman–Crippen MR) is 119 cm³/mol. The molecule has 0 atom stereocenters. The number of carbonyl (C=O) groups excluding carboxylic acids is 1. The molecule has 1 N–H and O–H groups in total. The Hall–Kier alpha value is -4.08. The quantitative estimate of drug-likeness (QED) is 0.517. The summed E-state index contributed by atoms with van der Waals surface area (Å²) in [6.07, 6.45) is 4.95. The number of halogens is 1. The fraction of sp³-hybridized carbons (Fsp3) is 0.227. The van der Waals surface area contributed by atoms with Crippen molar-refractivity contribution in [1.82, 2.24) is 24.7 Å². The summed E-state index contributed by atoms with van der Waals surface area (Å²) in [6.45, 7) is 3.12. The molecule has 0 radical (unpaired) electrons. The molecule has 0 saturated carbocycles. The predicted octanol–water partition coefficient (Wildman–Crippen LogP) is 2.33. The van der Waals surface area contributed by atoms with E-state index in [9.17, 15) is 9.18 Å². The Balaban J connectivity index is 1.30. The fourth-order valence-corrected chi connectivity index (χ4v) is 3.82. The van der Waals surface area contributed by atoms with Gasteiger partial charge in [0.2, 0.25) is 5.91 Å². The number of hydrogen-bond acceptors (Lipinski definition) is 7. The van der Waals surface area contributed by atoms with Gasteiger partial charge in [-0.15, -0.1) is 0 Å². The number of carbonyl (C=O) groups is 1. The molecule has 1 aliphatic heterocycles. The highest BCUT2D eigenvalue weighted by Crippen LogP contribution is 2.24. The van der Waals surface area contributed by atoms with Crippen molar-refractivity contribution in [1.29, 1.82) is 0 Å². The van der Waals surface area contributed by atoms with Crippen molar-refractivity contribution in [2.24, 2.45) is 0 Å². The van der Waals surface area contributed by atoms with Crippen LogP contribution in [0.2, 0.25) is 0 Å². The molecular weight excluding hydrogens is 411 g/mol. The molecular formula is C22H21FN8O. The zero-order valence-corrected chi connectivity index (χ0v) is 17.2. The Kier molecular flexibility index (Phi) is 5.32. The third-order valence-corrected chi connectivity index (χ3v) is 5.41. The van der Waals surface area contributed by atoms with Gasteiger partial charge in [-0.25, -0.2) is 24.0 Å². The first-order valence-electron chi connectivity index (χ1n) is 10.3. The molecule has 1 aliphatic rings. The number of rotatable bonds is 5. The van der Waals surface area contributed by atoms with Crippen LogP contribution in [0.1, 0.15) is 0 Å². The van der Waals surface area contributed by atoms with Gasteiger partial charge in [-0.05, 0) is 24.3 Å². The van der Waals surface area contributed by atoms with Crippen molar-refractivity contribution in [2.75, 3.05) is 41.3 Å². The summed E-state index contributed by atoms with van der Waals surface area (Å²) in [5.41, 5.74) is 0.695. The Morgan fingerprint density at radius 1 is 0.969 bits per heavy atom. The highest BCUT2D eigenvalue weighted by molar-refractivity contribution is 5.92. The summed E-state index contributed by atoms with van der Waals surface area (Å²) in [7, 11) is 0. The Bertz CT molecular complexity index is 1240. The number of pyridine rings is 1. The lowest BCUT2D eigenvalue weighted by Gasteiger charge is -2.36. The maximum absolute atomic E-state index is 13.8. The lowest BCUT2D eigenvalue weighted by molar-refractivity contribution is -0.116. The lowest BCUT2D eigenvalue weighted by Crippen LogP contribution is -2.47. The molecule has 1 saturated heterocycles. The van der Waals surface area contributed by atoms with Crippen LogP contribution in [0, 0.1) is 5.82 Å². The smallest absolute Gasteiger partial charge is 0.246 e. The third kappa shape index (κ3) is 3.94. The Morgan fingerprint density at radius 3 is 2.53 bits per heavy atom. The monoisotopic (exact) mass is 432 g/mol. The normalized spacial score (nSPS) is 14.0. The standard InChI is InChI=1S/C22H21FN8O/c23-17-5-1-2-6-18(17)28-20(32)14-31-22-16(13-27-31)21(25-15-26-22)30-11-9-29(10-12-30)19-7-3-4-8-24-19/h1-8,13,15H,9-12,14H2,(H,28,32). The van der Waals surface area contributed by atoms with Gasteiger partial charge >= 0.3 is 0 Å². The van der Waals surface area contributed by atoms with Gasteiger partial charge in [0.15, 0.2) is 5.65 Å². The van der Waals surface area contributed by atoms with E-state index in [2.05, 4.69) is 35.2 Å². The van der Waals surface area contributed by atoms with E-state index in [0.717, 1.165) is 43.2 Å². The SMILES string of the molecule is O=C(Cn1ncc2c(N3CCN(c4ccccn4)CC3)ncnc21)Nc1ccccc1F. The topological polar surface area (TPSA) is 92.1 Å². The largest absolute Gasteiger partial charge is 0.353 e. The molecule has 9 nitrogen and oxygen atoms in total. The molecule has 4 heterocycles. The Morgan fingerprint density at radius 2 is 1.75 bits per heavy atom. The van der Waals surface area contributed by atoms with Crippen LogP contribution in [-0.4, -0.2) is 56.8 Å². The van der Waals surface area contributed by atoms with Gasteiger partial charge in [0.25, 0.3) is 0 Å². The van der Waals surface area contributed by atoms with Crippen molar-refractivity contribution in [2.45, 2.75) is 6.54 Å². The molecule has 0 spiro atoms. The molecule has 0 aliphatic carbocycles. The van der Waals surface area contributed by atoms with Gasteiger partial charge < -0.3 is 15.1 Å². The first kappa shape index (κ1) is 19.9. The molecule has 1 aromatic carbocycles. The van der Waals surface area contributed by atoms with E-state index < -0.39 is 5.82 Å². The van der Waals surface area contributed by atoms with E-state index in [0.29, 0.717) is 5.65 Å². The van der Waals surface area contributed by atoms with Crippen molar-refractivity contribution in [3.05, 3.63) is 67.0 Å². The zero-order valence-electron chi connectivity index (χ0n) is 17.2. The summed E-state index contributed by atoms with van der Waals surface area (Å²) < 4.78 is 15.3. The number of nitrogens with zero attached hydrogens (tertiary/aromatic N) is 7. The number of aromatic nitrogens is 5. The highest BCUT2D eigenvalue weighted by atomic mass is 19.1. The fourth-order valence-electron chi connectivity index (χ4n) is 3.82. The second kappa shape index (κ2) is 8.58. The summed E-state index contributed by atoms with van der Waals surface area (Å²) in [5.74, 6) is 0.884. The van der Waals surface area contributed by atoms with Crippen molar-refractivity contribution < 1.29 is 9.18 Å². The minimum absolute atomic E-state index is 0.0816. The number of hydrogen-bond donors (Lipinski definition) is 1. The van der Waals surface area contributed by atoms with Gasteiger partial charge in [-0.3, -0.25) is 4.79 Å². The minimum Gasteiger partial charge on any atom is -0.353 e. The molecule has 5 rings (SSSR count). The van der Waals surface area contributed by atoms with Crippen LogP contribution < -0.4 is 15.1 Å². The molecule has 1 fully saturated rings. The maximum Gasteiger partial charge on any atom is 0.246 e. The zero-order chi connectivity index (χ0) is 21.9. The molecule has 0 bridgehead atoms. The average Bonchev–Trinajstić information content (AvgIpc) is 3.24. The van der Waals surface area contributed by atoms with Crippen LogP contribution in [0.25, 0.3) is 11.0 Å². The number of amides is 1. The van der Waals surface area contributed by atoms with Gasteiger partial charge in [0.1, 0.15) is 30.3 Å². The van der Waals surface area contributed by atoms with Crippen LogP contribution >= 0.6 is 0 Å². The Labute approximate surface area is 183 Å². The van der Waals surface area contributed by atoms with Gasteiger partial charge in [0.05, 0.1) is 17.3 Å². The van der Waals surface area contributed by atoms with E-state index in [4.69, 9.17) is 0 Å². The maximum atomic E-state index is 13.8. The van der Waals surface area contributed by atoms with Crippen LogP contribution in [0.5, 0.6) is 0 Å². The summed E-state index contributed by atoms with van der Waals surface area (Å²) in [5, 5.41) is 7.68. The summed E-state index contributed by atoms with van der Waals surface area (Å²) in [4.78, 5) is 30.1. The number of anilines is 3. The molecule has 1 amide bonds. The first-order chi connectivity index (χ1) is 15.7. The van der Waals surface area contributed by atoms with E-state index in [1.165, 1.54) is 23.1 Å². The average molecular weight is 432 g/mol. The second-order valence-electron chi connectivity index (χ2n) is 7.43. The van der Waals surface area contributed by atoms with Crippen LogP contribution in [-0.2, 0) is 11.3 Å². The van der Waals surface area contributed by atoms with Gasteiger partial charge in [0, 0.05) is 32.4 Å². The molecule has 0 unspecified atom stereocenters. The summed E-state index contributed by atoms with van der Waals surface area (Å²) in [6, 6.07) is 11.9. The van der Waals surface area contributed by atoms with E-state index in [1.54, 1.807) is 24.5 Å². The van der Waals surface area contributed by atoms with E-state index >= 15 is 0 Å². The number of nitrogens with one attached hydrogen (secondary N) is 1. The van der Waals surface area contributed by atoms with Crippen molar-refractivity contribution in [3.63, 3.8) is 0 Å². The number of para-hydroxylation sites is 1. The minimum atomic E-state index is -0.486. The van der Waals surface area contributed by atoms with Crippen molar-refractivity contribution >= 4 is 34.3 Å². The number of benzene rings is 1. The first-order valence-corrected chi connectivity index (χ1v) is 10.3. The highest BCUT2D eigenvalue weighted by Gasteiger charge is 2.22. The van der Waals surface area contributed by atoms with Gasteiger partial charge in [-0.1, -0.05) is 18.2 Å². The molecule has 162 valence electrons.